The first-order chi connectivity index (χ1) is 6.44. The van der Waals surface area contributed by atoms with Crippen LogP contribution in [0.5, 0.6) is 0 Å². The Hall–Kier alpha value is -0.580. The first kappa shape index (κ1) is 9.96. The van der Waals surface area contributed by atoms with Crippen molar-refractivity contribution in [2.45, 2.75) is 25.4 Å². The topological polar surface area (TPSA) is 20.3 Å². The monoisotopic (exact) mass is 207 g/mol. The standard InChI is InChI=1S/C9H12F3NO/c10-9(11,12)7(14)8-1-4-13(5-2-8)6-3-8/h1-6H2. The van der Waals surface area contributed by atoms with Crippen LogP contribution in [0.1, 0.15) is 19.3 Å². The number of nitrogens with zero attached hydrogens (tertiary/aromatic N) is 1. The maximum atomic E-state index is 12.3. The lowest BCUT2D eigenvalue weighted by atomic mass is 9.69. The third kappa shape index (κ3) is 1.43. The lowest BCUT2D eigenvalue weighted by Crippen LogP contribution is -2.54. The highest BCUT2D eigenvalue weighted by atomic mass is 19.4. The van der Waals surface area contributed by atoms with E-state index in [9.17, 15) is 18.0 Å². The number of ketones is 1. The van der Waals surface area contributed by atoms with Gasteiger partial charge in [0.05, 0.1) is 0 Å². The van der Waals surface area contributed by atoms with Crippen LogP contribution in [0, 0.1) is 5.41 Å². The molecule has 0 aromatic heterocycles. The van der Waals surface area contributed by atoms with Crippen molar-refractivity contribution >= 4 is 5.78 Å². The minimum Gasteiger partial charge on any atom is -0.303 e. The summed E-state index contributed by atoms with van der Waals surface area (Å²) in [6, 6.07) is 0. The van der Waals surface area contributed by atoms with Gasteiger partial charge in [0.15, 0.2) is 0 Å². The summed E-state index contributed by atoms with van der Waals surface area (Å²) in [4.78, 5) is 13.4. The first-order valence-electron chi connectivity index (χ1n) is 4.78. The van der Waals surface area contributed by atoms with Crippen LogP contribution < -0.4 is 0 Å². The number of halogens is 3. The second-order valence-electron chi connectivity index (χ2n) is 4.20. The van der Waals surface area contributed by atoms with Gasteiger partial charge in [-0.25, -0.2) is 0 Å². The Morgan fingerprint density at radius 2 is 1.50 bits per heavy atom. The largest absolute Gasteiger partial charge is 0.450 e. The smallest absolute Gasteiger partial charge is 0.303 e. The highest BCUT2D eigenvalue weighted by Crippen LogP contribution is 2.44. The van der Waals surface area contributed by atoms with Crippen LogP contribution in [-0.2, 0) is 4.79 Å². The van der Waals surface area contributed by atoms with Crippen molar-refractivity contribution in [3.05, 3.63) is 0 Å². The van der Waals surface area contributed by atoms with Crippen molar-refractivity contribution in [2.75, 3.05) is 19.6 Å². The van der Waals surface area contributed by atoms with Crippen LogP contribution >= 0.6 is 0 Å². The zero-order chi connectivity index (χ0) is 10.4. The minimum atomic E-state index is -4.65. The molecule has 2 bridgehead atoms. The van der Waals surface area contributed by atoms with Gasteiger partial charge in [-0.15, -0.1) is 0 Å². The second-order valence-corrected chi connectivity index (χ2v) is 4.20. The predicted octanol–water partition coefficient (Wildman–Crippen LogP) is 1.60. The lowest BCUT2D eigenvalue weighted by molar-refractivity contribution is -0.188. The molecule has 80 valence electrons. The van der Waals surface area contributed by atoms with Crippen molar-refractivity contribution < 1.29 is 18.0 Å². The molecule has 0 amide bonds. The van der Waals surface area contributed by atoms with Gasteiger partial charge in [0.25, 0.3) is 0 Å². The number of piperidine rings is 3. The summed E-state index contributed by atoms with van der Waals surface area (Å²) < 4.78 is 37.0. The van der Waals surface area contributed by atoms with Crippen LogP contribution in [0.15, 0.2) is 0 Å². The zero-order valence-corrected chi connectivity index (χ0v) is 7.73. The van der Waals surface area contributed by atoms with E-state index in [2.05, 4.69) is 4.90 Å². The molecule has 0 aromatic carbocycles. The fraction of sp³-hybridized carbons (Fsp3) is 0.889. The predicted molar refractivity (Wildman–Crippen MR) is 43.8 cm³/mol. The number of rotatable bonds is 1. The average molecular weight is 207 g/mol. The average Bonchev–Trinajstić information content (AvgIpc) is 2.18. The van der Waals surface area contributed by atoms with E-state index in [4.69, 9.17) is 0 Å². The Morgan fingerprint density at radius 1 is 1.07 bits per heavy atom. The van der Waals surface area contributed by atoms with Gasteiger partial charge < -0.3 is 4.90 Å². The molecular formula is C9H12F3NO. The summed E-state index contributed by atoms with van der Waals surface area (Å²) in [5.74, 6) is -1.50. The molecule has 0 N–H and O–H groups in total. The Kier molecular flexibility index (Phi) is 2.10. The molecule has 3 fully saturated rings. The second kappa shape index (κ2) is 2.95. The van der Waals surface area contributed by atoms with Crippen molar-refractivity contribution in [3.8, 4) is 0 Å². The molecule has 3 aliphatic rings. The van der Waals surface area contributed by atoms with Crippen LogP contribution in [0.25, 0.3) is 0 Å². The van der Waals surface area contributed by atoms with E-state index < -0.39 is 17.4 Å². The van der Waals surface area contributed by atoms with E-state index >= 15 is 0 Å². The Morgan fingerprint density at radius 3 is 1.86 bits per heavy atom. The molecule has 0 radical (unpaired) electrons. The fourth-order valence-corrected chi connectivity index (χ4v) is 2.47. The summed E-state index contributed by atoms with van der Waals surface area (Å²) in [6.45, 7) is 1.92. The summed E-state index contributed by atoms with van der Waals surface area (Å²) in [5.41, 5.74) is -1.08. The highest BCUT2D eigenvalue weighted by molar-refractivity contribution is 5.90. The van der Waals surface area contributed by atoms with Crippen molar-refractivity contribution in [1.82, 2.24) is 4.90 Å². The molecule has 5 heteroatoms. The van der Waals surface area contributed by atoms with E-state index in [0.29, 0.717) is 38.9 Å². The zero-order valence-electron chi connectivity index (χ0n) is 7.73. The molecule has 0 atom stereocenters. The van der Waals surface area contributed by atoms with Crippen LogP contribution in [0.2, 0.25) is 0 Å². The molecule has 3 heterocycles. The van der Waals surface area contributed by atoms with Crippen molar-refractivity contribution in [2.24, 2.45) is 5.41 Å². The number of hydrogen-bond donors (Lipinski definition) is 0. The van der Waals surface area contributed by atoms with Gasteiger partial charge in [-0.1, -0.05) is 0 Å². The maximum Gasteiger partial charge on any atom is 0.450 e. The van der Waals surface area contributed by atoms with Gasteiger partial charge in [0, 0.05) is 5.41 Å². The molecule has 0 saturated carbocycles. The normalized spacial score (nSPS) is 37.2. The van der Waals surface area contributed by atoms with E-state index in [-0.39, 0.29) is 0 Å². The van der Waals surface area contributed by atoms with Crippen LogP contribution in [-0.4, -0.2) is 36.5 Å². The van der Waals surface area contributed by atoms with Crippen LogP contribution in [0.4, 0.5) is 13.2 Å². The third-order valence-electron chi connectivity index (χ3n) is 3.46. The molecule has 3 rings (SSSR count). The van der Waals surface area contributed by atoms with E-state index in [0.717, 1.165) is 0 Å². The number of carbonyl (C=O) groups excluding carboxylic acids is 1. The molecule has 14 heavy (non-hydrogen) atoms. The lowest BCUT2D eigenvalue weighted by Gasteiger charge is -2.47. The number of alkyl halides is 3. The minimum absolute atomic E-state index is 0.380. The Bertz CT molecular complexity index is 239. The molecular weight excluding hydrogens is 195 g/mol. The molecule has 0 spiro atoms. The third-order valence-corrected chi connectivity index (χ3v) is 3.46. The molecule has 0 unspecified atom stereocenters. The van der Waals surface area contributed by atoms with Crippen molar-refractivity contribution in [1.29, 1.82) is 0 Å². The summed E-state index contributed by atoms with van der Waals surface area (Å²) in [5, 5.41) is 0. The molecule has 3 saturated heterocycles. The van der Waals surface area contributed by atoms with E-state index in [1.165, 1.54) is 0 Å². The number of Topliss-reactive ketones (excluding diaryl/α,β-unsaturated/α-hetero) is 1. The summed E-state index contributed by atoms with van der Waals surface area (Å²) >= 11 is 0. The maximum absolute atomic E-state index is 12.3. The molecule has 2 nitrogen and oxygen atoms in total. The molecule has 3 aliphatic heterocycles. The summed E-state index contributed by atoms with van der Waals surface area (Å²) in [6.07, 6.45) is -3.51. The van der Waals surface area contributed by atoms with Gasteiger partial charge >= 0.3 is 6.18 Å². The fourth-order valence-electron chi connectivity index (χ4n) is 2.47. The SMILES string of the molecule is O=C(C(F)(F)F)C12CCN(CC1)CC2. The quantitative estimate of drug-likeness (QED) is 0.651. The van der Waals surface area contributed by atoms with Gasteiger partial charge in [-0.05, 0) is 38.9 Å². The Labute approximate surface area is 80.1 Å². The van der Waals surface area contributed by atoms with Gasteiger partial charge in [-0.3, -0.25) is 4.79 Å². The van der Waals surface area contributed by atoms with Gasteiger partial charge in [-0.2, -0.15) is 13.2 Å². The van der Waals surface area contributed by atoms with Crippen LogP contribution in [0.3, 0.4) is 0 Å². The number of fused-ring (bicyclic) bond motifs is 3. The van der Waals surface area contributed by atoms with E-state index in [1.807, 2.05) is 0 Å². The summed E-state index contributed by atoms with van der Waals surface area (Å²) in [7, 11) is 0. The molecule has 0 aliphatic carbocycles. The van der Waals surface area contributed by atoms with E-state index in [1.54, 1.807) is 0 Å². The Balaban J connectivity index is 2.19. The van der Waals surface area contributed by atoms with Crippen molar-refractivity contribution in [3.63, 3.8) is 0 Å². The number of carbonyl (C=O) groups is 1. The first-order valence-corrected chi connectivity index (χ1v) is 4.78. The number of hydrogen-bond acceptors (Lipinski definition) is 2. The molecule has 0 aromatic rings. The van der Waals surface area contributed by atoms with Gasteiger partial charge in [0.2, 0.25) is 5.78 Å². The van der Waals surface area contributed by atoms with Gasteiger partial charge in [0.1, 0.15) is 0 Å². The highest BCUT2D eigenvalue weighted by Gasteiger charge is 2.55.